The van der Waals surface area contributed by atoms with Crippen LogP contribution in [0.15, 0.2) is 42.6 Å². The lowest BCUT2D eigenvalue weighted by Crippen LogP contribution is -3.00. The van der Waals surface area contributed by atoms with Crippen molar-refractivity contribution >= 4 is 16.5 Å². The van der Waals surface area contributed by atoms with Crippen molar-refractivity contribution in [2.24, 2.45) is 0 Å². The highest BCUT2D eigenvalue weighted by molar-refractivity contribution is 5.92. The Hall–Kier alpha value is -1.12. The molecule has 0 unspecified atom stereocenters. The minimum atomic E-state index is 0. The summed E-state index contributed by atoms with van der Waals surface area (Å²) < 4.78 is 0. The van der Waals surface area contributed by atoms with Gasteiger partial charge in [-0.2, -0.15) is 0 Å². The van der Waals surface area contributed by atoms with Crippen molar-refractivity contribution in [1.29, 1.82) is 0 Å². The Balaban J connectivity index is 0.000000750. The summed E-state index contributed by atoms with van der Waals surface area (Å²) in [6, 6.07) is 12.6. The molecule has 0 amide bonds. The smallest absolute Gasteiger partial charge is 0.222 e. The molecule has 1 N–H and O–H groups in total. The molecule has 0 fully saturated rings. The van der Waals surface area contributed by atoms with Gasteiger partial charge >= 0.3 is 0 Å². The molecule has 0 aromatic heterocycles. The molecule has 0 spiro atoms. The molecule has 3 rings (SSSR count). The molecular weight excluding hydrogens is 285 g/mol. The lowest BCUT2D eigenvalue weighted by atomic mass is 10.0. The third-order valence-corrected chi connectivity index (χ3v) is 2.37. The van der Waals surface area contributed by atoms with Gasteiger partial charge in [-0.3, -0.25) is 5.32 Å². The highest BCUT2D eigenvalue weighted by atomic mass is 127. The number of rotatable bonds is 0. The quantitative estimate of drug-likeness (QED) is 0.530. The maximum atomic E-state index is 3.21. The second kappa shape index (κ2) is 3.56. The van der Waals surface area contributed by atoms with Crippen molar-refractivity contribution in [1.82, 2.24) is 0 Å². The van der Waals surface area contributed by atoms with Gasteiger partial charge in [-0.1, -0.05) is 6.07 Å². The molecule has 0 atom stereocenters. The number of benzene rings is 2. The second-order valence-electron chi connectivity index (χ2n) is 3.14. The number of anilines is 1. The average Bonchev–Trinajstić information content (AvgIpc) is 2.65. The third kappa shape index (κ3) is 1.27. The summed E-state index contributed by atoms with van der Waals surface area (Å²) in [4.78, 5) is 0. The fourth-order valence-corrected chi connectivity index (χ4v) is 1.73. The number of halogens is 1. The van der Waals surface area contributed by atoms with Gasteiger partial charge in [0.15, 0.2) is 5.69 Å². The van der Waals surface area contributed by atoms with Gasteiger partial charge in [0.05, 0.1) is 6.08 Å². The molecule has 1 aliphatic rings. The van der Waals surface area contributed by atoms with Crippen molar-refractivity contribution in [3.8, 4) is 0 Å². The Kier molecular flexibility index (Phi) is 2.40. The molecule has 1 aliphatic heterocycles. The summed E-state index contributed by atoms with van der Waals surface area (Å²) in [5.74, 6) is 0. The van der Waals surface area contributed by atoms with Crippen LogP contribution in [0.25, 0.3) is 10.8 Å². The molecule has 0 bridgehead atoms. The van der Waals surface area contributed by atoms with Gasteiger partial charge in [0.25, 0.3) is 0 Å². The van der Waals surface area contributed by atoms with Gasteiger partial charge in [-0.25, -0.2) is 0 Å². The van der Waals surface area contributed by atoms with Crippen LogP contribution in [-0.4, -0.2) is 0 Å². The maximum absolute atomic E-state index is 3.21. The normalized spacial score (nSPS) is 11.4. The Morgan fingerprint density at radius 3 is 2.79 bits per heavy atom. The molecule has 2 aromatic carbocycles. The van der Waals surface area contributed by atoms with E-state index in [9.17, 15) is 0 Å². The third-order valence-electron chi connectivity index (χ3n) is 2.37. The van der Waals surface area contributed by atoms with Crippen LogP contribution in [-0.2, 0) is 0 Å². The minimum absolute atomic E-state index is 0. The molecule has 0 radical (unpaired) electrons. The summed E-state index contributed by atoms with van der Waals surface area (Å²) in [7, 11) is 0. The first-order chi connectivity index (χ1) is 6.45. The topological polar surface area (TPSA) is 12.0 Å². The van der Waals surface area contributed by atoms with E-state index in [1.807, 2.05) is 6.20 Å². The molecule has 0 aliphatic carbocycles. The number of fused-ring (bicyclic) bond motifs is 3. The number of hydrogen-bond acceptors (Lipinski definition) is 1. The van der Waals surface area contributed by atoms with Crippen LogP contribution in [0.4, 0.5) is 5.69 Å². The zero-order valence-electron chi connectivity index (χ0n) is 7.42. The summed E-state index contributed by atoms with van der Waals surface area (Å²) in [5, 5.41) is 5.69. The fraction of sp³-hybridized carbons (Fsp3) is 0. The highest BCUT2D eigenvalue weighted by Gasteiger charge is 2.18. The van der Waals surface area contributed by atoms with Gasteiger partial charge < -0.3 is 24.0 Å². The van der Waals surface area contributed by atoms with Crippen LogP contribution in [0, 0.1) is 6.08 Å². The van der Waals surface area contributed by atoms with Crippen molar-refractivity contribution < 1.29 is 24.0 Å². The standard InChI is InChI=1S/C12H8N.HI/c1-2-4-10-9(3-1)5-6-12-11(10)7-8-13-12;/h1-6,8,13H;1H/q+1;/p-1. The first-order valence-electron chi connectivity index (χ1n) is 4.32. The van der Waals surface area contributed by atoms with E-state index in [0.717, 1.165) is 5.69 Å². The first-order valence-corrected chi connectivity index (χ1v) is 4.32. The molecule has 14 heavy (non-hydrogen) atoms. The molecular formula is C12H8IN. The SMILES string of the molecule is [C+]1=CNc2ccc3ccccc3c21.[I-]. The second-order valence-corrected chi connectivity index (χ2v) is 3.14. The van der Waals surface area contributed by atoms with E-state index < -0.39 is 0 Å². The first kappa shape index (κ1) is 9.44. The summed E-state index contributed by atoms with van der Waals surface area (Å²) in [6.45, 7) is 0. The number of nitrogens with one attached hydrogen (secondary N) is 1. The van der Waals surface area contributed by atoms with E-state index in [4.69, 9.17) is 0 Å². The highest BCUT2D eigenvalue weighted by Crippen LogP contribution is 2.29. The molecule has 1 nitrogen and oxygen atoms in total. The lowest BCUT2D eigenvalue weighted by molar-refractivity contribution is -0.00000243. The maximum Gasteiger partial charge on any atom is 0.222 e. The molecule has 1 heterocycles. The van der Waals surface area contributed by atoms with Gasteiger partial charge in [0.2, 0.25) is 5.56 Å². The fourth-order valence-electron chi connectivity index (χ4n) is 1.73. The van der Waals surface area contributed by atoms with Crippen LogP contribution in [0.5, 0.6) is 0 Å². The monoisotopic (exact) mass is 293 g/mol. The van der Waals surface area contributed by atoms with Crippen molar-refractivity contribution in [3.63, 3.8) is 0 Å². The van der Waals surface area contributed by atoms with Gasteiger partial charge in [0, 0.05) is 17.5 Å². The molecule has 0 saturated carbocycles. The molecule has 0 saturated heterocycles. The van der Waals surface area contributed by atoms with Crippen LogP contribution in [0.1, 0.15) is 5.56 Å². The molecule has 68 valence electrons. The van der Waals surface area contributed by atoms with Crippen molar-refractivity contribution in [2.75, 3.05) is 5.32 Å². The zero-order valence-corrected chi connectivity index (χ0v) is 9.58. The Morgan fingerprint density at radius 2 is 1.86 bits per heavy atom. The van der Waals surface area contributed by atoms with Crippen molar-refractivity contribution in [3.05, 3.63) is 54.2 Å². The molecule has 2 heteroatoms. The predicted molar refractivity (Wildman–Crippen MR) is 54.5 cm³/mol. The average molecular weight is 293 g/mol. The summed E-state index contributed by atoms with van der Waals surface area (Å²) in [6.07, 6.45) is 5.07. The zero-order chi connectivity index (χ0) is 8.67. The van der Waals surface area contributed by atoms with Gasteiger partial charge in [-0.15, -0.1) is 0 Å². The van der Waals surface area contributed by atoms with Gasteiger partial charge in [0.1, 0.15) is 11.6 Å². The van der Waals surface area contributed by atoms with Crippen molar-refractivity contribution in [2.45, 2.75) is 0 Å². The largest absolute Gasteiger partial charge is 1.00 e. The van der Waals surface area contributed by atoms with E-state index in [-0.39, 0.29) is 24.0 Å². The van der Waals surface area contributed by atoms with E-state index in [1.165, 1.54) is 16.3 Å². The van der Waals surface area contributed by atoms with Crippen LogP contribution in [0.2, 0.25) is 0 Å². The Labute approximate surface area is 99.8 Å². The van der Waals surface area contributed by atoms with E-state index in [1.54, 1.807) is 0 Å². The van der Waals surface area contributed by atoms with Crippen LogP contribution < -0.4 is 29.3 Å². The van der Waals surface area contributed by atoms with Crippen LogP contribution in [0.3, 0.4) is 0 Å². The van der Waals surface area contributed by atoms with Gasteiger partial charge in [-0.05, 0) is 18.2 Å². The number of hydrogen-bond donors (Lipinski definition) is 1. The lowest BCUT2D eigenvalue weighted by Gasteiger charge is -1.94. The van der Waals surface area contributed by atoms with E-state index in [2.05, 4.69) is 47.8 Å². The summed E-state index contributed by atoms with van der Waals surface area (Å²) >= 11 is 0. The summed E-state index contributed by atoms with van der Waals surface area (Å²) in [5.41, 5.74) is 2.33. The van der Waals surface area contributed by atoms with Crippen LogP contribution >= 0.6 is 0 Å². The predicted octanol–water partition coefficient (Wildman–Crippen LogP) is -0.0657. The Morgan fingerprint density at radius 1 is 1.00 bits per heavy atom. The minimum Gasteiger partial charge on any atom is -1.00 e. The molecule has 2 aromatic rings. The van der Waals surface area contributed by atoms with E-state index >= 15 is 0 Å². The van der Waals surface area contributed by atoms with E-state index in [0.29, 0.717) is 0 Å². The Bertz CT molecular complexity index is 503.